The Kier molecular flexibility index (Phi) is 3.40. The zero-order valence-electron chi connectivity index (χ0n) is 8.96. The van der Waals surface area contributed by atoms with E-state index in [9.17, 15) is 0 Å². The second-order valence-corrected chi connectivity index (χ2v) is 3.67. The van der Waals surface area contributed by atoms with Gasteiger partial charge in [0.15, 0.2) is 0 Å². The van der Waals surface area contributed by atoms with E-state index in [1.165, 1.54) is 18.5 Å². The third-order valence-corrected chi connectivity index (χ3v) is 2.21. The largest absolute Gasteiger partial charge is 0.239 e. The maximum atomic E-state index is 4.44. The first-order chi connectivity index (χ1) is 6.13. The molecule has 0 aliphatic heterocycles. The van der Waals surface area contributed by atoms with Gasteiger partial charge in [0.05, 0.1) is 0 Å². The quantitative estimate of drug-likeness (QED) is 0.711. The van der Waals surface area contributed by atoms with Crippen molar-refractivity contribution in [2.45, 2.75) is 46.5 Å². The molecule has 13 heavy (non-hydrogen) atoms. The van der Waals surface area contributed by atoms with Gasteiger partial charge in [-0.25, -0.2) is 9.97 Å². The van der Waals surface area contributed by atoms with E-state index >= 15 is 0 Å². The second-order valence-electron chi connectivity index (χ2n) is 3.67. The van der Waals surface area contributed by atoms with Crippen molar-refractivity contribution in [2.75, 3.05) is 0 Å². The summed E-state index contributed by atoms with van der Waals surface area (Å²) < 4.78 is 0. The van der Waals surface area contributed by atoms with E-state index in [-0.39, 0.29) is 0 Å². The predicted molar refractivity (Wildman–Crippen MR) is 54.8 cm³/mol. The minimum atomic E-state index is 0.561. The highest BCUT2D eigenvalue weighted by Gasteiger charge is 2.07. The Morgan fingerprint density at radius 3 is 2.54 bits per heavy atom. The molecule has 72 valence electrons. The summed E-state index contributed by atoms with van der Waals surface area (Å²) in [5, 5.41) is 0. The molecule has 0 radical (unpaired) electrons. The van der Waals surface area contributed by atoms with Gasteiger partial charge in [0.2, 0.25) is 0 Å². The summed E-state index contributed by atoms with van der Waals surface area (Å²) in [7, 11) is 0. The van der Waals surface area contributed by atoms with Crippen molar-refractivity contribution in [3.05, 3.63) is 23.3 Å². The highest BCUT2D eigenvalue weighted by Crippen LogP contribution is 2.18. The SMILES string of the molecule is CCCC(C)c1cc(C)nc(C)n1. The lowest BCUT2D eigenvalue weighted by molar-refractivity contribution is 0.641. The molecule has 1 aromatic rings. The maximum Gasteiger partial charge on any atom is 0.125 e. The third-order valence-electron chi connectivity index (χ3n) is 2.21. The van der Waals surface area contributed by atoms with Gasteiger partial charge < -0.3 is 0 Å². The molecule has 2 nitrogen and oxygen atoms in total. The summed E-state index contributed by atoms with van der Waals surface area (Å²) >= 11 is 0. The first-order valence-electron chi connectivity index (χ1n) is 4.95. The van der Waals surface area contributed by atoms with Crippen LogP contribution < -0.4 is 0 Å². The van der Waals surface area contributed by atoms with Crippen molar-refractivity contribution in [3.8, 4) is 0 Å². The van der Waals surface area contributed by atoms with E-state index in [2.05, 4.69) is 29.9 Å². The predicted octanol–water partition coefficient (Wildman–Crippen LogP) is 3.00. The van der Waals surface area contributed by atoms with Gasteiger partial charge in [-0.05, 0) is 32.3 Å². The van der Waals surface area contributed by atoms with Crippen LogP contribution in [0.25, 0.3) is 0 Å². The topological polar surface area (TPSA) is 25.8 Å². The van der Waals surface area contributed by atoms with Crippen LogP contribution in [0.15, 0.2) is 6.07 Å². The van der Waals surface area contributed by atoms with Crippen LogP contribution in [-0.2, 0) is 0 Å². The lowest BCUT2D eigenvalue weighted by Crippen LogP contribution is -2.01. The molecule has 1 unspecified atom stereocenters. The number of hydrogen-bond donors (Lipinski definition) is 0. The minimum absolute atomic E-state index is 0.561. The second kappa shape index (κ2) is 4.35. The average Bonchev–Trinajstić information content (AvgIpc) is 2.03. The van der Waals surface area contributed by atoms with Crippen LogP contribution in [0.3, 0.4) is 0 Å². The monoisotopic (exact) mass is 178 g/mol. The lowest BCUT2D eigenvalue weighted by Gasteiger charge is -2.10. The van der Waals surface area contributed by atoms with E-state index in [4.69, 9.17) is 0 Å². The van der Waals surface area contributed by atoms with Crippen LogP contribution in [0.4, 0.5) is 0 Å². The summed E-state index contributed by atoms with van der Waals surface area (Å²) in [6.45, 7) is 8.41. The molecule has 0 saturated heterocycles. The van der Waals surface area contributed by atoms with Crippen LogP contribution in [0, 0.1) is 13.8 Å². The maximum absolute atomic E-state index is 4.44. The standard InChI is InChI=1S/C11H18N2/c1-5-6-8(2)11-7-9(3)12-10(4)13-11/h7-8H,5-6H2,1-4H3. The normalized spacial score (nSPS) is 12.9. The molecule has 0 aliphatic carbocycles. The molecule has 0 amide bonds. The van der Waals surface area contributed by atoms with Gasteiger partial charge in [0.25, 0.3) is 0 Å². The van der Waals surface area contributed by atoms with Gasteiger partial charge in [-0.3, -0.25) is 0 Å². The molecule has 1 atom stereocenters. The van der Waals surface area contributed by atoms with E-state index in [0.29, 0.717) is 5.92 Å². The molecule has 0 fully saturated rings. The van der Waals surface area contributed by atoms with Crippen molar-refractivity contribution in [1.29, 1.82) is 0 Å². The number of aromatic nitrogens is 2. The molecule has 1 heterocycles. The Balaban J connectivity index is 2.87. The number of hydrogen-bond acceptors (Lipinski definition) is 2. The molecule has 0 aromatic carbocycles. The van der Waals surface area contributed by atoms with Crippen LogP contribution in [0.1, 0.15) is 49.8 Å². The van der Waals surface area contributed by atoms with Gasteiger partial charge in [0, 0.05) is 11.4 Å². The van der Waals surface area contributed by atoms with Crippen molar-refractivity contribution in [1.82, 2.24) is 9.97 Å². The summed E-state index contributed by atoms with van der Waals surface area (Å²) in [5.74, 6) is 1.45. The van der Waals surface area contributed by atoms with Gasteiger partial charge in [-0.15, -0.1) is 0 Å². The van der Waals surface area contributed by atoms with Crippen LogP contribution in [-0.4, -0.2) is 9.97 Å². The van der Waals surface area contributed by atoms with Crippen molar-refractivity contribution < 1.29 is 0 Å². The third kappa shape index (κ3) is 2.79. The molecule has 0 aliphatic rings. The van der Waals surface area contributed by atoms with Gasteiger partial charge >= 0.3 is 0 Å². The summed E-state index contributed by atoms with van der Waals surface area (Å²) in [4.78, 5) is 8.71. The lowest BCUT2D eigenvalue weighted by atomic mass is 10.0. The zero-order chi connectivity index (χ0) is 9.84. The minimum Gasteiger partial charge on any atom is -0.239 e. The van der Waals surface area contributed by atoms with Gasteiger partial charge in [0.1, 0.15) is 5.82 Å². The molecule has 0 bridgehead atoms. The molecule has 0 N–H and O–H groups in total. The molecule has 1 aromatic heterocycles. The molecule has 0 spiro atoms. The number of rotatable bonds is 3. The zero-order valence-corrected chi connectivity index (χ0v) is 8.96. The Morgan fingerprint density at radius 1 is 1.31 bits per heavy atom. The van der Waals surface area contributed by atoms with E-state index in [1.54, 1.807) is 0 Å². The van der Waals surface area contributed by atoms with Gasteiger partial charge in [-0.1, -0.05) is 20.3 Å². The van der Waals surface area contributed by atoms with Crippen molar-refractivity contribution >= 4 is 0 Å². The fourth-order valence-electron chi connectivity index (χ4n) is 1.58. The van der Waals surface area contributed by atoms with Crippen LogP contribution in [0.2, 0.25) is 0 Å². The molecule has 2 heteroatoms. The Morgan fingerprint density at radius 2 is 2.00 bits per heavy atom. The van der Waals surface area contributed by atoms with Gasteiger partial charge in [-0.2, -0.15) is 0 Å². The smallest absolute Gasteiger partial charge is 0.125 e. The first kappa shape index (κ1) is 10.2. The summed E-state index contributed by atoms with van der Waals surface area (Å²) in [6.07, 6.45) is 2.42. The fraction of sp³-hybridized carbons (Fsp3) is 0.636. The van der Waals surface area contributed by atoms with Crippen molar-refractivity contribution in [2.24, 2.45) is 0 Å². The highest BCUT2D eigenvalue weighted by atomic mass is 14.9. The first-order valence-corrected chi connectivity index (χ1v) is 4.95. The molecular formula is C11H18N2. The van der Waals surface area contributed by atoms with Crippen molar-refractivity contribution in [3.63, 3.8) is 0 Å². The fourth-order valence-corrected chi connectivity index (χ4v) is 1.58. The number of nitrogens with zero attached hydrogens (tertiary/aromatic N) is 2. The van der Waals surface area contributed by atoms with Crippen LogP contribution >= 0.6 is 0 Å². The Labute approximate surface area is 80.4 Å². The summed E-state index contributed by atoms with van der Waals surface area (Å²) in [5.41, 5.74) is 2.26. The highest BCUT2D eigenvalue weighted by molar-refractivity contribution is 5.13. The number of aryl methyl sites for hydroxylation is 2. The van der Waals surface area contributed by atoms with E-state index < -0.39 is 0 Å². The molecular weight excluding hydrogens is 160 g/mol. The van der Waals surface area contributed by atoms with E-state index in [1.807, 2.05) is 13.8 Å². The van der Waals surface area contributed by atoms with E-state index in [0.717, 1.165) is 11.5 Å². The summed E-state index contributed by atoms with van der Waals surface area (Å²) in [6, 6.07) is 2.09. The van der Waals surface area contributed by atoms with Crippen LogP contribution in [0.5, 0.6) is 0 Å². The molecule has 1 rings (SSSR count). The molecule has 0 saturated carbocycles. The Hall–Kier alpha value is -0.920. The average molecular weight is 178 g/mol. The Bertz CT molecular complexity index is 261.